The van der Waals surface area contributed by atoms with Gasteiger partial charge in [0, 0.05) is 11.6 Å². The fraction of sp³-hybridized carbons (Fsp3) is 0.462. The molecule has 0 atom stereocenters. The molecule has 1 saturated carbocycles. The summed E-state index contributed by atoms with van der Waals surface area (Å²) < 4.78 is 0. The maximum atomic E-state index is 11.0. The minimum absolute atomic E-state index is 0.0147. The minimum atomic E-state index is -0.881. The highest BCUT2D eigenvalue weighted by Crippen LogP contribution is 2.38. The molecular formula is C13H16N2O4. The number of carboxylic acids is 1. The Labute approximate surface area is 110 Å². The van der Waals surface area contributed by atoms with Crippen molar-refractivity contribution in [2.75, 3.05) is 5.32 Å². The molecule has 2 N–H and O–H groups in total. The molecule has 0 bridgehead atoms. The van der Waals surface area contributed by atoms with Crippen LogP contribution < -0.4 is 5.32 Å². The topological polar surface area (TPSA) is 92.5 Å². The number of benzene rings is 1. The highest BCUT2D eigenvalue weighted by molar-refractivity contribution is 5.71. The number of hydrogen-bond acceptors (Lipinski definition) is 4. The molecule has 1 aliphatic rings. The first kappa shape index (κ1) is 13.3. The lowest BCUT2D eigenvalue weighted by atomic mass is 9.92. The summed E-state index contributed by atoms with van der Waals surface area (Å²) in [4.78, 5) is 21.5. The minimum Gasteiger partial charge on any atom is -0.481 e. The average Bonchev–Trinajstić information content (AvgIpc) is 2.76. The van der Waals surface area contributed by atoms with E-state index in [4.69, 9.17) is 5.11 Å². The van der Waals surface area contributed by atoms with Gasteiger partial charge in [0.05, 0.1) is 11.3 Å². The van der Waals surface area contributed by atoms with E-state index >= 15 is 0 Å². The average molecular weight is 264 g/mol. The van der Waals surface area contributed by atoms with Gasteiger partial charge in [0.25, 0.3) is 5.69 Å². The first-order chi connectivity index (χ1) is 9.02. The van der Waals surface area contributed by atoms with E-state index in [9.17, 15) is 14.9 Å². The number of hydrogen-bond donors (Lipinski definition) is 2. The van der Waals surface area contributed by atoms with E-state index in [-0.39, 0.29) is 12.1 Å². The summed E-state index contributed by atoms with van der Waals surface area (Å²) in [6, 6.07) is 6.35. The zero-order valence-electron chi connectivity index (χ0n) is 10.5. The number of aliphatic carboxylic acids is 1. The summed E-state index contributed by atoms with van der Waals surface area (Å²) in [5.74, 6) is -0.881. The quantitative estimate of drug-likeness (QED) is 0.630. The fourth-order valence-corrected chi connectivity index (χ4v) is 2.71. The molecule has 1 fully saturated rings. The van der Waals surface area contributed by atoms with Gasteiger partial charge in [-0.1, -0.05) is 25.0 Å². The van der Waals surface area contributed by atoms with Gasteiger partial charge in [0.1, 0.15) is 5.69 Å². The van der Waals surface area contributed by atoms with Crippen molar-refractivity contribution < 1.29 is 14.8 Å². The summed E-state index contributed by atoms with van der Waals surface area (Å²) in [6.45, 7) is 0. The van der Waals surface area contributed by atoms with Crippen LogP contribution in [-0.2, 0) is 4.79 Å². The van der Waals surface area contributed by atoms with Crippen LogP contribution in [0.4, 0.5) is 11.4 Å². The number of nitro benzene ring substituents is 1. The third kappa shape index (κ3) is 3.01. The van der Waals surface area contributed by atoms with Crippen molar-refractivity contribution in [3.63, 3.8) is 0 Å². The summed E-state index contributed by atoms with van der Waals surface area (Å²) in [5, 5.41) is 23.1. The van der Waals surface area contributed by atoms with Gasteiger partial charge in [-0.25, -0.2) is 0 Å². The van der Waals surface area contributed by atoms with Crippen molar-refractivity contribution in [1.82, 2.24) is 0 Å². The second-order valence-corrected chi connectivity index (χ2v) is 4.96. The van der Waals surface area contributed by atoms with Crippen LogP contribution in [0.15, 0.2) is 24.3 Å². The van der Waals surface area contributed by atoms with Crippen molar-refractivity contribution >= 4 is 17.3 Å². The van der Waals surface area contributed by atoms with Gasteiger partial charge >= 0.3 is 5.97 Å². The summed E-state index contributed by atoms with van der Waals surface area (Å²) >= 11 is 0. The van der Waals surface area contributed by atoms with Crippen LogP contribution in [0.3, 0.4) is 0 Å². The summed E-state index contributed by atoms with van der Waals surface area (Å²) in [7, 11) is 0. The monoisotopic (exact) mass is 264 g/mol. The van der Waals surface area contributed by atoms with E-state index in [0.717, 1.165) is 25.7 Å². The van der Waals surface area contributed by atoms with Crippen LogP contribution in [0, 0.1) is 10.1 Å². The van der Waals surface area contributed by atoms with Crippen LogP contribution in [-0.4, -0.2) is 21.5 Å². The molecule has 0 unspecified atom stereocenters. The molecule has 1 aliphatic carbocycles. The van der Waals surface area contributed by atoms with Crippen LogP contribution in [0.2, 0.25) is 0 Å². The number of carbonyl (C=O) groups is 1. The lowest BCUT2D eigenvalue weighted by molar-refractivity contribution is -0.384. The zero-order chi connectivity index (χ0) is 13.9. The largest absolute Gasteiger partial charge is 0.481 e. The number of anilines is 1. The first-order valence-corrected chi connectivity index (χ1v) is 6.26. The predicted octanol–water partition coefficient (Wildman–Crippen LogP) is 2.79. The second-order valence-electron chi connectivity index (χ2n) is 4.96. The van der Waals surface area contributed by atoms with Crippen LogP contribution in [0.1, 0.15) is 32.1 Å². The molecule has 102 valence electrons. The Kier molecular flexibility index (Phi) is 3.69. The van der Waals surface area contributed by atoms with Gasteiger partial charge in [0.15, 0.2) is 0 Å². The first-order valence-electron chi connectivity index (χ1n) is 6.26. The molecule has 0 spiro atoms. The van der Waals surface area contributed by atoms with Crippen LogP contribution in [0.25, 0.3) is 0 Å². The van der Waals surface area contributed by atoms with Gasteiger partial charge in [0.2, 0.25) is 0 Å². The van der Waals surface area contributed by atoms with E-state index < -0.39 is 16.4 Å². The third-order valence-corrected chi connectivity index (χ3v) is 3.55. The number of nitrogens with zero attached hydrogens (tertiary/aromatic N) is 1. The Morgan fingerprint density at radius 2 is 2.00 bits per heavy atom. The standard InChI is InChI=1S/C13H16N2O4/c16-12(17)9-13(7-3-4-8-13)14-10-5-1-2-6-11(10)15(18)19/h1-2,5-6,14H,3-4,7-9H2,(H,16,17). The molecule has 6 nitrogen and oxygen atoms in total. The lowest BCUT2D eigenvalue weighted by Gasteiger charge is -2.29. The number of nitro groups is 1. The van der Waals surface area contributed by atoms with Crippen LogP contribution in [0.5, 0.6) is 0 Å². The van der Waals surface area contributed by atoms with Crippen molar-refractivity contribution in [2.24, 2.45) is 0 Å². The van der Waals surface area contributed by atoms with Gasteiger partial charge in [-0.05, 0) is 18.9 Å². The number of nitrogens with one attached hydrogen (secondary N) is 1. The second kappa shape index (κ2) is 5.26. The van der Waals surface area contributed by atoms with Gasteiger partial charge < -0.3 is 10.4 Å². The molecule has 0 amide bonds. The molecular weight excluding hydrogens is 248 g/mol. The molecule has 1 aromatic rings. The number of para-hydroxylation sites is 2. The molecule has 0 heterocycles. The third-order valence-electron chi connectivity index (χ3n) is 3.55. The van der Waals surface area contributed by atoms with Gasteiger partial charge in [-0.2, -0.15) is 0 Å². The molecule has 0 aliphatic heterocycles. The van der Waals surface area contributed by atoms with E-state index in [1.165, 1.54) is 6.07 Å². The number of rotatable bonds is 5. The Morgan fingerprint density at radius 1 is 1.37 bits per heavy atom. The molecule has 0 aromatic heterocycles. The van der Waals surface area contributed by atoms with Crippen LogP contribution >= 0.6 is 0 Å². The highest BCUT2D eigenvalue weighted by atomic mass is 16.6. The maximum Gasteiger partial charge on any atom is 0.305 e. The van der Waals surface area contributed by atoms with Gasteiger partial charge in [-0.15, -0.1) is 0 Å². The molecule has 6 heteroatoms. The van der Waals surface area contributed by atoms with Crippen molar-refractivity contribution in [3.05, 3.63) is 34.4 Å². The highest BCUT2D eigenvalue weighted by Gasteiger charge is 2.37. The Morgan fingerprint density at radius 3 is 2.58 bits per heavy atom. The SMILES string of the molecule is O=C(O)CC1(Nc2ccccc2[N+](=O)[O-])CCCC1. The Hall–Kier alpha value is -2.11. The summed E-state index contributed by atoms with van der Waals surface area (Å²) in [6.07, 6.45) is 3.33. The summed E-state index contributed by atoms with van der Waals surface area (Å²) in [5.41, 5.74) is -0.174. The van der Waals surface area contributed by atoms with Crippen molar-refractivity contribution in [3.8, 4) is 0 Å². The predicted molar refractivity (Wildman–Crippen MR) is 70.2 cm³/mol. The molecule has 0 radical (unpaired) electrons. The Balaban J connectivity index is 2.27. The zero-order valence-corrected chi connectivity index (χ0v) is 10.5. The Bertz CT molecular complexity index is 495. The maximum absolute atomic E-state index is 11.0. The smallest absolute Gasteiger partial charge is 0.305 e. The molecule has 1 aromatic carbocycles. The molecule has 0 saturated heterocycles. The normalized spacial score (nSPS) is 17.1. The number of carboxylic acid groups (broad SMARTS) is 1. The van der Waals surface area contributed by atoms with E-state index in [1.807, 2.05) is 0 Å². The van der Waals surface area contributed by atoms with Gasteiger partial charge in [-0.3, -0.25) is 14.9 Å². The van der Waals surface area contributed by atoms with E-state index in [1.54, 1.807) is 18.2 Å². The van der Waals surface area contributed by atoms with Crippen molar-refractivity contribution in [1.29, 1.82) is 0 Å². The lowest BCUT2D eigenvalue weighted by Crippen LogP contribution is -2.37. The van der Waals surface area contributed by atoms with E-state index in [0.29, 0.717) is 5.69 Å². The van der Waals surface area contributed by atoms with Crippen molar-refractivity contribution in [2.45, 2.75) is 37.6 Å². The molecule has 2 rings (SSSR count). The molecule has 19 heavy (non-hydrogen) atoms. The fourth-order valence-electron chi connectivity index (χ4n) is 2.71. The van der Waals surface area contributed by atoms with E-state index in [2.05, 4.69) is 5.32 Å².